The predicted octanol–water partition coefficient (Wildman–Crippen LogP) is 2.52. The van der Waals surface area contributed by atoms with Crippen molar-refractivity contribution in [3.05, 3.63) is 58.1 Å². The zero-order valence-corrected chi connectivity index (χ0v) is 19.5. The summed E-state index contributed by atoms with van der Waals surface area (Å²) in [6.45, 7) is 9.24. The number of hydrogen-bond acceptors (Lipinski definition) is 7. The van der Waals surface area contributed by atoms with E-state index in [0.717, 1.165) is 16.7 Å². The highest BCUT2D eigenvalue weighted by molar-refractivity contribution is 7.89. The molecule has 1 aliphatic heterocycles. The van der Waals surface area contributed by atoms with E-state index >= 15 is 0 Å². The van der Waals surface area contributed by atoms with Gasteiger partial charge in [0.15, 0.2) is 6.10 Å². The molecule has 0 radical (unpaired) electrons. The third-order valence-electron chi connectivity index (χ3n) is 5.63. The van der Waals surface area contributed by atoms with Crippen LogP contribution in [-0.4, -0.2) is 52.6 Å². The summed E-state index contributed by atoms with van der Waals surface area (Å²) in [7, 11) is -4.03. The molecule has 0 saturated carbocycles. The normalized spacial score (nSPS) is 15.3. The molecule has 0 spiro atoms. The number of anilines is 1. The van der Waals surface area contributed by atoms with Crippen molar-refractivity contribution < 1.29 is 27.5 Å². The SMILES string of the molecule is Cc1cc(C)c(C(=O)[C@@H](C)OC(=O)c2cc(S(N)(=O)=O)ccc2N2CCOCC2)cc1C. The number of nitrogens with two attached hydrogens (primary N) is 1. The van der Waals surface area contributed by atoms with Gasteiger partial charge in [0.1, 0.15) is 0 Å². The fourth-order valence-corrected chi connectivity index (χ4v) is 4.20. The van der Waals surface area contributed by atoms with Gasteiger partial charge in [0.05, 0.1) is 29.4 Å². The van der Waals surface area contributed by atoms with E-state index in [1.54, 1.807) is 6.07 Å². The molecule has 1 heterocycles. The molecule has 1 atom stereocenters. The summed E-state index contributed by atoms with van der Waals surface area (Å²) in [4.78, 5) is 27.8. The minimum Gasteiger partial charge on any atom is -0.451 e. The van der Waals surface area contributed by atoms with E-state index < -0.39 is 22.1 Å². The lowest BCUT2D eigenvalue weighted by Gasteiger charge is -2.30. The molecule has 9 heteroatoms. The highest BCUT2D eigenvalue weighted by atomic mass is 32.2. The fourth-order valence-electron chi connectivity index (χ4n) is 3.66. The molecule has 0 bridgehead atoms. The lowest BCUT2D eigenvalue weighted by Crippen LogP contribution is -2.37. The second-order valence-corrected chi connectivity index (χ2v) is 9.55. The van der Waals surface area contributed by atoms with Gasteiger partial charge in [-0.1, -0.05) is 6.07 Å². The molecule has 1 fully saturated rings. The molecule has 172 valence electrons. The quantitative estimate of drug-likeness (QED) is 0.520. The number of Topliss-reactive ketones (excluding diaryl/α,β-unsaturated/α-hetero) is 1. The molecule has 32 heavy (non-hydrogen) atoms. The van der Waals surface area contributed by atoms with E-state index in [9.17, 15) is 18.0 Å². The molecule has 1 aliphatic rings. The van der Waals surface area contributed by atoms with Crippen molar-refractivity contribution in [2.75, 3.05) is 31.2 Å². The van der Waals surface area contributed by atoms with E-state index in [0.29, 0.717) is 37.6 Å². The number of morpholine rings is 1. The summed E-state index contributed by atoms with van der Waals surface area (Å²) >= 11 is 0. The van der Waals surface area contributed by atoms with E-state index in [4.69, 9.17) is 14.6 Å². The van der Waals surface area contributed by atoms with Gasteiger partial charge in [-0.25, -0.2) is 18.4 Å². The van der Waals surface area contributed by atoms with Gasteiger partial charge in [-0.15, -0.1) is 0 Å². The Hall–Kier alpha value is -2.75. The van der Waals surface area contributed by atoms with Crippen LogP contribution in [0.4, 0.5) is 5.69 Å². The number of rotatable bonds is 6. The Bertz CT molecular complexity index is 1150. The number of benzene rings is 2. The Labute approximate surface area is 188 Å². The van der Waals surface area contributed by atoms with Gasteiger partial charge in [-0.3, -0.25) is 4.79 Å². The van der Waals surface area contributed by atoms with Crippen LogP contribution in [0.15, 0.2) is 35.2 Å². The Morgan fingerprint density at radius 1 is 1.00 bits per heavy atom. The highest BCUT2D eigenvalue weighted by Crippen LogP contribution is 2.26. The Morgan fingerprint density at radius 2 is 1.62 bits per heavy atom. The van der Waals surface area contributed by atoms with Gasteiger partial charge in [0.25, 0.3) is 0 Å². The predicted molar refractivity (Wildman–Crippen MR) is 121 cm³/mol. The summed E-state index contributed by atoms with van der Waals surface area (Å²) in [6.07, 6.45) is -1.06. The maximum Gasteiger partial charge on any atom is 0.341 e. The van der Waals surface area contributed by atoms with Crippen molar-refractivity contribution in [1.82, 2.24) is 0 Å². The van der Waals surface area contributed by atoms with Crippen LogP contribution in [0, 0.1) is 20.8 Å². The molecule has 3 rings (SSSR count). The molecular weight excluding hydrogens is 432 g/mol. The number of ether oxygens (including phenoxy) is 2. The summed E-state index contributed by atoms with van der Waals surface area (Å²) in [5.41, 5.74) is 3.86. The van der Waals surface area contributed by atoms with E-state index in [-0.39, 0.29) is 16.2 Å². The first kappa shape index (κ1) is 23.9. The van der Waals surface area contributed by atoms with Gasteiger partial charge in [0.2, 0.25) is 15.8 Å². The number of hydrogen-bond donors (Lipinski definition) is 1. The monoisotopic (exact) mass is 460 g/mol. The first-order valence-corrected chi connectivity index (χ1v) is 11.9. The standard InChI is InChI=1S/C23H28N2O6S/c1-14-11-16(3)19(12-15(14)2)22(26)17(4)31-23(27)20-13-18(32(24,28)29)5-6-21(20)25-7-9-30-10-8-25/h5-6,11-13,17H,7-10H2,1-4H3,(H2,24,28,29)/t17-/m1/s1. The van der Waals surface area contributed by atoms with Gasteiger partial charge in [-0.05, 0) is 68.7 Å². The molecule has 0 aromatic heterocycles. The van der Waals surface area contributed by atoms with E-state index in [1.165, 1.54) is 25.1 Å². The average Bonchev–Trinajstić information content (AvgIpc) is 2.75. The van der Waals surface area contributed by atoms with Crippen molar-refractivity contribution in [3.63, 3.8) is 0 Å². The van der Waals surface area contributed by atoms with Crippen molar-refractivity contribution in [2.24, 2.45) is 5.14 Å². The van der Waals surface area contributed by atoms with E-state index in [1.807, 2.05) is 31.7 Å². The summed E-state index contributed by atoms with van der Waals surface area (Å²) < 4.78 is 34.5. The van der Waals surface area contributed by atoms with Crippen molar-refractivity contribution in [2.45, 2.75) is 38.7 Å². The summed E-state index contributed by atoms with van der Waals surface area (Å²) in [5.74, 6) is -1.12. The number of esters is 1. The van der Waals surface area contributed by atoms with Crippen LogP contribution >= 0.6 is 0 Å². The zero-order chi connectivity index (χ0) is 23.6. The Balaban J connectivity index is 1.91. The number of primary sulfonamides is 1. The molecule has 0 amide bonds. The number of carbonyl (C=O) groups excluding carboxylic acids is 2. The highest BCUT2D eigenvalue weighted by Gasteiger charge is 2.27. The molecule has 0 aliphatic carbocycles. The number of aryl methyl sites for hydroxylation is 3. The smallest absolute Gasteiger partial charge is 0.341 e. The van der Waals surface area contributed by atoms with Crippen molar-refractivity contribution in [1.29, 1.82) is 0 Å². The van der Waals surface area contributed by atoms with Crippen LogP contribution in [0.3, 0.4) is 0 Å². The van der Waals surface area contributed by atoms with Gasteiger partial charge in [-0.2, -0.15) is 0 Å². The fraction of sp³-hybridized carbons (Fsp3) is 0.391. The minimum absolute atomic E-state index is 0.0369. The summed E-state index contributed by atoms with van der Waals surface area (Å²) in [6, 6.07) is 7.79. The van der Waals surface area contributed by atoms with E-state index in [2.05, 4.69) is 0 Å². The van der Waals surface area contributed by atoms with Crippen LogP contribution in [0.2, 0.25) is 0 Å². The maximum absolute atomic E-state index is 13.1. The van der Waals surface area contributed by atoms with Crippen LogP contribution in [0.25, 0.3) is 0 Å². The zero-order valence-electron chi connectivity index (χ0n) is 18.7. The first-order chi connectivity index (χ1) is 15.0. The third kappa shape index (κ3) is 5.17. The summed E-state index contributed by atoms with van der Waals surface area (Å²) in [5, 5.41) is 5.26. The first-order valence-electron chi connectivity index (χ1n) is 10.3. The second-order valence-electron chi connectivity index (χ2n) is 7.99. The maximum atomic E-state index is 13.1. The number of nitrogens with zero attached hydrogens (tertiary/aromatic N) is 1. The van der Waals surface area contributed by atoms with Gasteiger partial charge < -0.3 is 14.4 Å². The topological polar surface area (TPSA) is 116 Å². The molecule has 0 unspecified atom stereocenters. The van der Waals surface area contributed by atoms with Crippen molar-refractivity contribution >= 4 is 27.5 Å². The average molecular weight is 461 g/mol. The second kappa shape index (κ2) is 9.40. The van der Waals surface area contributed by atoms with Crippen LogP contribution in [0.1, 0.15) is 44.3 Å². The van der Waals surface area contributed by atoms with Gasteiger partial charge >= 0.3 is 5.97 Å². The lowest BCUT2D eigenvalue weighted by molar-refractivity contribution is 0.0318. The molecular formula is C23H28N2O6S. The van der Waals surface area contributed by atoms with Crippen LogP contribution < -0.4 is 10.0 Å². The largest absolute Gasteiger partial charge is 0.451 e. The Morgan fingerprint density at radius 3 is 2.25 bits per heavy atom. The minimum atomic E-state index is -4.03. The number of carbonyl (C=O) groups is 2. The molecule has 2 aromatic rings. The van der Waals surface area contributed by atoms with Gasteiger partial charge in [0, 0.05) is 18.7 Å². The third-order valence-corrected chi connectivity index (χ3v) is 6.54. The molecule has 2 aromatic carbocycles. The van der Waals surface area contributed by atoms with Crippen LogP contribution in [0.5, 0.6) is 0 Å². The Kier molecular flexibility index (Phi) is 7.02. The number of ketones is 1. The molecule has 8 nitrogen and oxygen atoms in total. The van der Waals surface area contributed by atoms with Crippen LogP contribution in [-0.2, 0) is 19.5 Å². The lowest BCUT2D eigenvalue weighted by atomic mass is 9.96. The number of sulfonamides is 1. The molecule has 2 N–H and O–H groups in total. The van der Waals surface area contributed by atoms with Crippen molar-refractivity contribution in [3.8, 4) is 0 Å². The molecule has 1 saturated heterocycles.